The molecule has 0 saturated carbocycles. The number of nitriles is 1. The zero-order valence-electron chi connectivity index (χ0n) is 10.7. The predicted octanol–water partition coefficient (Wildman–Crippen LogP) is 2.86. The summed E-state index contributed by atoms with van der Waals surface area (Å²) in [7, 11) is -3.34. The number of nitrogens with zero attached hydrogens (tertiary/aromatic N) is 1. The van der Waals surface area contributed by atoms with Crippen LogP contribution >= 0.6 is 11.8 Å². The minimum absolute atomic E-state index is 0.0489. The Kier molecular flexibility index (Phi) is 4.88. The van der Waals surface area contributed by atoms with E-state index in [1.165, 1.54) is 23.9 Å². The molecule has 1 aromatic carbocycles. The Morgan fingerprint density at radius 3 is 2.80 bits per heavy atom. The Morgan fingerprint density at radius 2 is 2.10 bits per heavy atom. The van der Waals surface area contributed by atoms with Crippen molar-refractivity contribution in [2.24, 2.45) is 0 Å². The molecule has 2 aromatic rings. The summed E-state index contributed by atoms with van der Waals surface area (Å²) in [4.78, 5) is 0.204. The molecule has 2 rings (SSSR count). The number of sulfone groups is 1. The first-order valence-corrected chi connectivity index (χ1v) is 8.75. The van der Waals surface area contributed by atoms with Crippen molar-refractivity contribution in [3.05, 3.63) is 54.0 Å². The third-order valence-corrected chi connectivity index (χ3v) is 5.60. The van der Waals surface area contributed by atoms with E-state index in [1.54, 1.807) is 24.5 Å². The van der Waals surface area contributed by atoms with Crippen LogP contribution in [-0.4, -0.2) is 19.9 Å². The van der Waals surface area contributed by atoms with Crippen molar-refractivity contribution < 1.29 is 12.8 Å². The van der Waals surface area contributed by atoms with Crippen molar-refractivity contribution in [3.63, 3.8) is 0 Å². The molecule has 0 unspecified atom stereocenters. The van der Waals surface area contributed by atoms with Gasteiger partial charge in [-0.1, -0.05) is 6.07 Å². The van der Waals surface area contributed by atoms with E-state index < -0.39 is 9.84 Å². The SMILES string of the molecule is N#Cc1cccc(S(=O)(=O)CCSCc2ccco2)c1. The summed E-state index contributed by atoms with van der Waals surface area (Å²) in [5, 5.41) is 8.79. The van der Waals surface area contributed by atoms with Crippen LogP contribution in [0.2, 0.25) is 0 Å². The summed E-state index contributed by atoms with van der Waals surface area (Å²) < 4.78 is 29.4. The maximum Gasteiger partial charge on any atom is 0.179 e. The first-order valence-electron chi connectivity index (χ1n) is 5.95. The summed E-state index contributed by atoms with van der Waals surface area (Å²) >= 11 is 1.50. The molecule has 0 aliphatic heterocycles. The van der Waals surface area contributed by atoms with Gasteiger partial charge in [-0.25, -0.2) is 8.42 Å². The molecule has 1 aromatic heterocycles. The first-order chi connectivity index (χ1) is 9.62. The second-order valence-electron chi connectivity index (χ2n) is 4.09. The molecule has 0 N–H and O–H groups in total. The lowest BCUT2D eigenvalue weighted by Crippen LogP contribution is -2.09. The average Bonchev–Trinajstić information content (AvgIpc) is 2.97. The molecular weight excluding hydrogens is 294 g/mol. The second-order valence-corrected chi connectivity index (χ2v) is 7.30. The number of benzene rings is 1. The number of hydrogen-bond donors (Lipinski definition) is 0. The van der Waals surface area contributed by atoms with Crippen molar-refractivity contribution in [3.8, 4) is 6.07 Å². The van der Waals surface area contributed by atoms with E-state index in [-0.39, 0.29) is 10.6 Å². The summed E-state index contributed by atoms with van der Waals surface area (Å²) in [5.41, 5.74) is 0.356. The fourth-order valence-electron chi connectivity index (χ4n) is 1.61. The Balaban J connectivity index is 1.92. The molecule has 20 heavy (non-hydrogen) atoms. The normalized spacial score (nSPS) is 11.2. The molecule has 0 aliphatic rings. The van der Waals surface area contributed by atoms with Gasteiger partial charge >= 0.3 is 0 Å². The quantitative estimate of drug-likeness (QED) is 0.767. The largest absolute Gasteiger partial charge is 0.468 e. The Bertz CT molecular complexity index is 700. The zero-order valence-corrected chi connectivity index (χ0v) is 12.3. The van der Waals surface area contributed by atoms with Crippen LogP contribution in [-0.2, 0) is 15.6 Å². The third-order valence-electron chi connectivity index (χ3n) is 2.64. The molecule has 0 atom stereocenters. The summed E-state index contributed by atoms with van der Waals surface area (Å²) in [6.07, 6.45) is 1.60. The zero-order chi connectivity index (χ0) is 14.4. The molecule has 0 spiro atoms. The van der Waals surface area contributed by atoms with Crippen LogP contribution in [0, 0.1) is 11.3 Å². The lowest BCUT2D eigenvalue weighted by molar-refractivity contribution is 0.530. The molecule has 0 saturated heterocycles. The minimum atomic E-state index is -3.34. The van der Waals surface area contributed by atoms with Gasteiger partial charge in [0, 0.05) is 5.75 Å². The van der Waals surface area contributed by atoms with E-state index in [0.717, 1.165) is 5.76 Å². The Morgan fingerprint density at radius 1 is 1.25 bits per heavy atom. The van der Waals surface area contributed by atoms with Crippen molar-refractivity contribution in [1.82, 2.24) is 0 Å². The number of rotatable bonds is 6. The van der Waals surface area contributed by atoms with Crippen LogP contribution in [0.15, 0.2) is 52.0 Å². The van der Waals surface area contributed by atoms with Gasteiger partial charge in [-0.05, 0) is 30.3 Å². The van der Waals surface area contributed by atoms with Gasteiger partial charge < -0.3 is 4.42 Å². The fraction of sp³-hybridized carbons (Fsp3) is 0.214. The maximum absolute atomic E-state index is 12.1. The molecule has 0 aliphatic carbocycles. The van der Waals surface area contributed by atoms with E-state index in [1.807, 2.05) is 12.1 Å². The molecule has 0 amide bonds. The number of hydrogen-bond acceptors (Lipinski definition) is 5. The fourth-order valence-corrected chi connectivity index (χ4v) is 4.30. The van der Waals surface area contributed by atoms with Crippen LogP contribution in [0.1, 0.15) is 11.3 Å². The molecule has 4 nitrogen and oxygen atoms in total. The highest BCUT2D eigenvalue weighted by Gasteiger charge is 2.14. The van der Waals surface area contributed by atoms with Crippen LogP contribution < -0.4 is 0 Å². The van der Waals surface area contributed by atoms with Crippen molar-refractivity contribution in [1.29, 1.82) is 5.26 Å². The van der Waals surface area contributed by atoms with Gasteiger partial charge in [-0.2, -0.15) is 17.0 Å². The highest BCUT2D eigenvalue weighted by molar-refractivity contribution is 8.00. The lowest BCUT2D eigenvalue weighted by Gasteiger charge is -2.04. The topological polar surface area (TPSA) is 71.1 Å². The number of furan rings is 1. The number of thioether (sulfide) groups is 1. The second kappa shape index (κ2) is 6.64. The maximum atomic E-state index is 12.1. The van der Waals surface area contributed by atoms with Gasteiger partial charge in [0.05, 0.1) is 34.3 Å². The first kappa shape index (κ1) is 14.7. The van der Waals surface area contributed by atoms with Crippen LogP contribution in [0.25, 0.3) is 0 Å². The summed E-state index contributed by atoms with van der Waals surface area (Å²) in [6, 6.07) is 11.7. The van der Waals surface area contributed by atoms with Crippen molar-refractivity contribution >= 4 is 21.6 Å². The third kappa shape index (κ3) is 3.89. The van der Waals surface area contributed by atoms with Crippen LogP contribution in [0.4, 0.5) is 0 Å². The average molecular weight is 307 g/mol. The van der Waals surface area contributed by atoms with Gasteiger partial charge in [0.15, 0.2) is 9.84 Å². The Labute approximate surface area is 122 Å². The summed E-state index contributed by atoms with van der Waals surface area (Å²) in [6.45, 7) is 0. The smallest absolute Gasteiger partial charge is 0.179 e. The summed E-state index contributed by atoms with van der Waals surface area (Å²) in [5.74, 6) is 2.02. The van der Waals surface area contributed by atoms with Gasteiger partial charge in [-0.15, -0.1) is 0 Å². The molecule has 0 fully saturated rings. The van der Waals surface area contributed by atoms with Gasteiger partial charge in [-0.3, -0.25) is 0 Å². The van der Waals surface area contributed by atoms with Crippen molar-refractivity contribution in [2.75, 3.05) is 11.5 Å². The van der Waals surface area contributed by atoms with E-state index in [0.29, 0.717) is 17.1 Å². The molecule has 1 heterocycles. The van der Waals surface area contributed by atoms with E-state index in [2.05, 4.69) is 0 Å². The molecule has 104 valence electrons. The molecule has 0 radical (unpaired) electrons. The van der Waals surface area contributed by atoms with E-state index in [9.17, 15) is 8.42 Å². The standard InChI is InChI=1S/C14H13NO3S2/c15-10-12-3-1-5-14(9-12)20(16,17)8-7-19-11-13-4-2-6-18-13/h1-6,9H,7-8,11H2. The highest BCUT2D eigenvalue weighted by atomic mass is 32.2. The van der Waals surface area contributed by atoms with E-state index in [4.69, 9.17) is 9.68 Å². The predicted molar refractivity (Wildman–Crippen MR) is 78.1 cm³/mol. The van der Waals surface area contributed by atoms with Gasteiger partial charge in [0.2, 0.25) is 0 Å². The van der Waals surface area contributed by atoms with Gasteiger partial charge in [0.25, 0.3) is 0 Å². The Hall–Kier alpha value is -1.71. The lowest BCUT2D eigenvalue weighted by atomic mass is 10.2. The molecule has 0 bridgehead atoms. The van der Waals surface area contributed by atoms with Crippen LogP contribution in [0.3, 0.4) is 0 Å². The van der Waals surface area contributed by atoms with E-state index >= 15 is 0 Å². The van der Waals surface area contributed by atoms with Crippen LogP contribution in [0.5, 0.6) is 0 Å². The minimum Gasteiger partial charge on any atom is -0.468 e. The molecule has 6 heteroatoms. The monoisotopic (exact) mass is 307 g/mol. The highest BCUT2D eigenvalue weighted by Crippen LogP contribution is 2.17. The molecular formula is C14H13NO3S2. The van der Waals surface area contributed by atoms with Gasteiger partial charge in [0.1, 0.15) is 5.76 Å². The van der Waals surface area contributed by atoms with Crippen molar-refractivity contribution in [2.45, 2.75) is 10.6 Å².